The van der Waals surface area contributed by atoms with E-state index in [9.17, 15) is 9.59 Å². The van der Waals surface area contributed by atoms with E-state index in [1.54, 1.807) is 6.07 Å². The van der Waals surface area contributed by atoms with Crippen molar-refractivity contribution in [2.24, 2.45) is 0 Å². The summed E-state index contributed by atoms with van der Waals surface area (Å²) in [4.78, 5) is 27.9. The van der Waals surface area contributed by atoms with Crippen molar-refractivity contribution in [1.82, 2.24) is 4.98 Å². The molecule has 6 nitrogen and oxygen atoms in total. The first-order valence-corrected chi connectivity index (χ1v) is 7.28. The Bertz CT molecular complexity index is 823. The van der Waals surface area contributed by atoms with Crippen LogP contribution < -0.4 is 14.8 Å². The molecule has 0 aliphatic carbocycles. The molecule has 1 aliphatic heterocycles. The summed E-state index contributed by atoms with van der Waals surface area (Å²) in [5, 5.41) is 2.92. The van der Waals surface area contributed by atoms with Gasteiger partial charge in [-0.2, -0.15) is 0 Å². The molecule has 1 aromatic carbocycles. The molecule has 1 aromatic heterocycles. The number of carbonyl (C=O) groups is 2. The summed E-state index contributed by atoms with van der Waals surface area (Å²) < 4.78 is 10.5. The smallest absolute Gasteiger partial charge is 0.257 e. The fourth-order valence-corrected chi connectivity index (χ4v) is 2.35. The van der Waals surface area contributed by atoms with Gasteiger partial charge in [-0.1, -0.05) is 23.2 Å². The van der Waals surface area contributed by atoms with Crippen LogP contribution in [0.25, 0.3) is 0 Å². The Morgan fingerprint density at radius 1 is 1.17 bits per heavy atom. The van der Waals surface area contributed by atoms with Gasteiger partial charge in [0, 0.05) is 17.8 Å². The molecule has 3 rings (SSSR count). The Kier molecular flexibility index (Phi) is 4.11. The first kappa shape index (κ1) is 15.6. The Morgan fingerprint density at radius 3 is 2.52 bits per heavy atom. The topological polar surface area (TPSA) is 77.5 Å². The van der Waals surface area contributed by atoms with Crippen molar-refractivity contribution in [2.45, 2.75) is 6.92 Å². The Balaban J connectivity index is 1.94. The number of Topliss-reactive ketones (excluding diaryl/α,β-unsaturated/α-hetero) is 1. The number of aromatic nitrogens is 1. The standard InChI is InChI=1S/C15H10Cl2N2O4/c1-7(20)9-3-12-13(23-6-22-12)4-11(9)19-15(21)8-2-10(16)14(17)18-5-8/h2-5H,6H2,1H3,(H,19,21). The molecule has 1 aliphatic rings. The van der Waals surface area contributed by atoms with E-state index in [0.29, 0.717) is 22.7 Å². The predicted octanol–water partition coefficient (Wildman–Crippen LogP) is 3.57. The van der Waals surface area contributed by atoms with E-state index in [4.69, 9.17) is 32.7 Å². The molecular weight excluding hydrogens is 343 g/mol. The van der Waals surface area contributed by atoms with Crippen molar-refractivity contribution >= 4 is 40.6 Å². The quantitative estimate of drug-likeness (QED) is 0.674. The van der Waals surface area contributed by atoms with E-state index in [0.717, 1.165) is 0 Å². The molecule has 1 N–H and O–H groups in total. The van der Waals surface area contributed by atoms with Crippen molar-refractivity contribution in [2.75, 3.05) is 12.1 Å². The molecule has 0 radical (unpaired) electrons. The summed E-state index contributed by atoms with van der Waals surface area (Å²) in [7, 11) is 0. The zero-order valence-corrected chi connectivity index (χ0v) is 13.4. The fourth-order valence-electron chi connectivity index (χ4n) is 2.08. The lowest BCUT2D eigenvalue weighted by Crippen LogP contribution is -2.14. The van der Waals surface area contributed by atoms with Crippen LogP contribution in [0.1, 0.15) is 27.6 Å². The molecule has 118 valence electrons. The van der Waals surface area contributed by atoms with Gasteiger partial charge in [-0.15, -0.1) is 0 Å². The molecular formula is C15H10Cl2N2O4. The largest absolute Gasteiger partial charge is 0.454 e. The maximum Gasteiger partial charge on any atom is 0.257 e. The highest BCUT2D eigenvalue weighted by atomic mass is 35.5. The van der Waals surface area contributed by atoms with Crippen molar-refractivity contribution in [3.8, 4) is 11.5 Å². The molecule has 1 amide bonds. The van der Waals surface area contributed by atoms with Crippen molar-refractivity contribution in [3.05, 3.63) is 45.7 Å². The van der Waals surface area contributed by atoms with Crippen molar-refractivity contribution in [1.29, 1.82) is 0 Å². The van der Waals surface area contributed by atoms with E-state index in [1.165, 1.54) is 25.3 Å². The molecule has 2 heterocycles. The van der Waals surface area contributed by atoms with E-state index in [-0.39, 0.29) is 28.3 Å². The molecule has 0 unspecified atom stereocenters. The number of hydrogen-bond acceptors (Lipinski definition) is 5. The van der Waals surface area contributed by atoms with Crippen LogP contribution in [0.3, 0.4) is 0 Å². The maximum absolute atomic E-state index is 12.3. The lowest BCUT2D eigenvalue weighted by Gasteiger charge is -2.11. The lowest BCUT2D eigenvalue weighted by molar-refractivity contribution is 0.101. The van der Waals surface area contributed by atoms with Gasteiger partial charge in [0.15, 0.2) is 17.3 Å². The second-order valence-corrected chi connectivity index (χ2v) is 5.52. The van der Waals surface area contributed by atoms with Crippen LogP contribution in [0.2, 0.25) is 10.2 Å². The number of fused-ring (bicyclic) bond motifs is 1. The van der Waals surface area contributed by atoms with Gasteiger partial charge in [0.05, 0.1) is 16.3 Å². The van der Waals surface area contributed by atoms with E-state index < -0.39 is 5.91 Å². The normalized spacial score (nSPS) is 12.1. The molecule has 23 heavy (non-hydrogen) atoms. The Labute approximate surface area is 141 Å². The second kappa shape index (κ2) is 6.06. The van der Waals surface area contributed by atoms with Gasteiger partial charge in [0.1, 0.15) is 5.15 Å². The van der Waals surface area contributed by atoms with Gasteiger partial charge < -0.3 is 14.8 Å². The van der Waals surface area contributed by atoms with E-state index in [1.807, 2.05) is 0 Å². The predicted molar refractivity (Wildman–Crippen MR) is 84.8 cm³/mol. The number of rotatable bonds is 3. The first-order chi connectivity index (χ1) is 11.0. The summed E-state index contributed by atoms with van der Waals surface area (Å²) in [6.45, 7) is 1.47. The van der Waals surface area contributed by atoms with Gasteiger partial charge in [0.25, 0.3) is 5.91 Å². The molecule has 2 aromatic rings. The number of nitrogens with one attached hydrogen (secondary N) is 1. The zero-order valence-electron chi connectivity index (χ0n) is 11.9. The van der Waals surface area contributed by atoms with Crippen LogP contribution in [0.15, 0.2) is 24.4 Å². The fraction of sp³-hybridized carbons (Fsp3) is 0.133. The van der Waals surface area contributed by atoms with E-state index >= 15 is 0 Å². The number of ketones is 1. The molecule has 8 heteroatoms. The maximum atomic E-state index is 12.3. The van der Waals surface area contributed by atoms with Crippen LogP contribution in [-0.2, 0) is 0 Å². The minimum atomic E-state index is -0.475. The Hall–Kier alpha value is -2.31. The average Bonchev–Trinajstić information content (AvgIpc) is 2.96. The van der Waals surface area contributed by atoms with Gasteiger partial charge in [-0.25, -0.2) is 4.98 Å². The van der Waals surface area contributed by atoms with Crippen molar-refractivity contribution < 1.29 is 19.1 Å². The Morgan fingerprint density at radius 2 is 1.87 bits per heavy atom. The third-order valence-electron chi connectivity index (χ3n) is 3.20. The van der Waals surface area contributed by atoms with Gasteiger partial charge in [-0.3, -0.25) is 9.59 Å². The number of halogens is 2. The zero-order chi connectivity index (χ0) is 16.6. The SMILES string of the molecule is CC(=O)c1cc2c(cc1NC(=O)c1cnc(Cl)c(Cl)c1)OCO2. The van der Waals surface area contributed by atoms with E-state index in [2.05, 4.69) is 10.3 Å². The summed E-state index contributed by atoms with van der Waals surface area (Å²) >= 11 is 11.6. The third kappa shape index (κ3) is 3.09. The minimum absolute atomic E-state index is 0.0702. The summed E-state index contributed by atoms with van der Waals surface area (Å²) in [6.07, 6.45) is 1.30. The minimum Gasteiger partial charge on any atom is -0.454 e. The number of ether oxygens (including phenoxy) is 2. The summed E-state index contributed by atoms with van der Waals surface area (Å²) in [5.41, 5.74) is 0.847. The van der Waals surface area contributed by atoms with Crippen molar-refractivity contribution in [3.63, 3.8) is 0 Å². The number of benzene rings is 1. The van der Waals surface area contributed by atoms with Gasteiger partial charge >= 0.3 is 0 Å². The number of anilines is 1. The van der Waals surface area contributed by atoms with Crippen LogP contribution >= 0.6 is 23.2 Å². The molecule has 0 saturated heterocycles. The average molecular weight is 353 g/mol. The second-order valence-electron chi connectivity index (χ2n) is 4.76. The molecule has 0 bridgehead atoms. The number of pyridine rings is 1. The van der Waals surface area contributed by atoms with Crippen LogP contribution in [-0.4, -0.2) is 23.5 Å². The van der Waals surface area contributed by atoms with Crippen LogP contribution in [0.5, 0.6) is 11.5 Å². The number of amides is 1. The third-order valence-corrected chi connectivity index (χ3v) is 3.88. The highest BCUT2D eigenvalue weighted by molar-refractivity contribution is 6.41. The number of hydrogen-bond donors (Lipinski definition) is 1. The molecule has 0 fully saturated rings. The number of carbonyl (C=O) groups excluding carboxylic acids is 2. The molecule has 0 atom stereocenters. The monoisotopic (exact) mass is 352 g/mol. The van der Waals surface area contributed by atoms with Gasteiger partial charge in [0.2, 0.25) is 6.79 Å². The highest BCUT2D eigenvalue weighted by Gasteiger charge is 2.21. The van der Waals surface area contributed by atoms with Crippen LogP contribution in [0.4, 0.5) is 5.69 Å². The lowest BCUT2D eigenvalue weighted by atomic mass is 10.1. The highest BCUT2D eigenvalue weighted by Crippen LogP contribution is 2.37. The van der Waals surface area contributed by atoms with Gasteiger partial charge in [-0.05, 0) is 19.1 Å². The molecule has 0 spiro atoms. The number of nitrogens with zero attached hydrogens (tertiary/aromatic N) is 1. The van der Waals surface area contributed by atoms with Crippen LogP contribution in [0, 0.1) is 0 Å². The molecule has 0 saturated carbocycles. The first-order valence-electron chi connectivity index (χ1n) is 6.52. The summed E-state index contributed by atoms with van der Waals surface area (Å²) in [5.74, 6) is 0.227. The summed E-state index contributed by atoms with van der Waals surface area (Å²) in [6, 6.07) is 4.47.